The largest absolute Gasteiger partial charge is 0.493 e. The average molecular weight is 355 g/mol. The van der Waals surface area contributed by atoms with Gasteiger partial charge in [-0.2, -0.15) is 0 Å². The van der Waals surface area contributed by atoms with Gasteiger partial charge in [0.25, 0.3) is 0 Å². The molecule has 0 spiro atoms. The number of aryl methyl sites for hydroxylation is 1. The average Bonchev–Trinajstić information content (AvgIpc) is 2.69. The SMILES string of the molecule is CCCCCCc1ccnc(-c2ccccc2OCCCC(C)CC)n1. The Labute approximate surface area is 159 Å². The van der Waals surface area contributed by atoms with Crippen LogP contribution in [0.2, 0.25) is 0 Å². The summed E-state index contributed by atoms with van der Waals surface area (Å²) < 4.78 is 6.06. The van der Waals surface area contributed by atoms with Crippen molar-refractivity contribution in [3.05, 3.63) is 42.2 Å². The number of hydrogen-bond acceptors (Lipinski definition) is 3. The molecule has 3 nitrogen and oxygen atoms in total. The van der Waals surface area contributed by atoms with Crippen molar-refractivity contribution >= 4 is 0 Å². The third-order valence-electron chi connectivity index (χ3n) is 4.92. The Morgan fingerprint density at radius 3 is 2.65 bits per heavy atom. The number of hydrogen-bond donors (Lipinski definition) is 0. The third kappa shape index (κ3) is 6.78. The van der Waals surface area contributed by atoms with E-state index in [1.165, 1.54) is 38.5 Å². The molecule has 0 radical (unpaired) electrons. The predicted octanol–water partition coefficient (Wildman–Crippen LogP) is 6.47. The molecule has 0 aliphatic heterocycles. The summed E-state index contributed by atoms with van der Waals surface area (Å²) in [5, 5.41) is 0. The van der Waals surface area contributed by atoms with Crippen LogP contribution in [0.25, 0.3) is 11.4 Å². The second kappa shape index (κ2) is 11.7. The maximum absolute atomic E-state index is 6.06. The molecule has 1 unspecified atom stereocenters. The van der Waals surface area contributed by atoms with E-state index >= 15 is 0 Å². The first kappa shape index (κ1) is 20.4. The van der Waals surface area contributed by atoms with Crippen LogP contribution < -0.4 is 4.74 Å². The van der Waals surface area contributed by atoms with Crippen molar-refractivity contribution in [2.75, 3.05) is 6.61 Å². The van der Waals surface area contributed by atoms with Gasteiger partial charge in [-0.15, -0.1) is 0 Å². The summed E-state index contributed by atoms with van der Waals surface area (Å²) in [7, 11) is 0. The molecular weight excluding hydrogens is 320 g/mol. The lowest BCUT2D eigenvalue weighted by atomic mass is 10.0. The van der Waals surface area contributed by atoms with Crippen LogP contribution in [-0.2, 0) is 6.42 Å². The van der Waals surface area contributed by atoms with Crippen molar-refractivity contribution in [2.45, 2.75) is 72.1 Å². The van der Waals surface area contributed by atoms with Crippen LogP contribution in [0.15, 0.2) is 36.5 Å². The summed E-state index contributed by atoms with van der Waals surface area (Å²) in [6, 6.07) is 10.2. The summed E-state index contributed by atoms with van der Waals surface area (Å²) in [4.78, 5) is 9.27. The van der Waals surface area contributed by atoms with E-state index < -0.39 is 0 Å². The normalized spacial score (nSPS) is 12.1. The Morgan fingerprint density at radius 2 is 1.85 bits per heavy atom. The van der Waals surface area contributed by atoms with Crippen molar-refractivity contribution in [1.82, 2.24) is 9.97 Å². The zero-order valence-electron chi connectivity index (χ0n) is 16.7. The monoisotopic (exact) mass is 354 g/mol. The molecule has 0 aliphatic rings. The Balaban J connectivity index is 1.99. The second-order valence-electron chi connectivity index (χ2n) is 7.18. The molecule has 0 saturated carbocycles. The Bertz CT molecular complexity index is 642. The molecule has 0 aliphatic carbocycles. The smallest absolute Gasteiger partial charge is 0.163 e. The lowest BCUT2D eigenvalue weighted by Gasteiger charge is -2.12. The first-order valence-electron chi connectivity index (χ1n) is 10.3. The highest BCUT2D eigenvalue weighted by Gasteiger charge is 2.10. The molecule has 1 aromatic heterocycles. The van der Waals surface area contributed by atoms with Gasteiger partial charge in [-0.3, -0.25) is 0 Å². The molecule has 26 heavy (non-hydrogen) atoms. The molecule has 3 heteroatoms. The van der Waals surface area contributed by atoms with Crippen LogP contribution in [0.3, 0.4) is 0 Å². The maximum atomic E-state index is 6.06. The van der Waals surface area contributed by atoms with Gasteiger partial charge < -0.3 is 4.74 Å². The van der Waals surface area contributed by atoms with Gasteiger partial charge in [0.2, 0.25) is 0 Å². The van der Waals surface area contributed by atoms with Crippen LogP contribution in [0, 0.1) is 5.92 Å². The number of aromatic nitrogens is 2. The van der Waals surface area contributed by atoms with E-state index in [-0.39, 0.29) is 0 Å². The number of unbranched alkanes of at least 4 members (excludes halogenated alkanes) is 3. The van der Waals surface area contributed by atoms with Gasteiger partial charge in [-0.25, -0.2) is 9.97 Å². The quantitative estimate of drug-likeness (QED) is 0.410. The molecule has 0 fully saturated rings. The van der Waals surface area contributed by atoms with Crippen molar-refractivity contribution in [2.24, 2.45) is 5.92 Å². The summed E-state index contributed by atoms with van der Waals surface area (Å²) in [5.74, 6) is 2.43. The van der Waals surface area contributed by atoms with Crippen molar-refractivity contribution in [3.63, 3.8) is 0 Å². The summed E-state index contributed by atoms with van der Waals surface area (Å²) in [5.41, 5.74) is 2.11. The van der Waals surface area contributed by atoms with Gasteiger partial charge in [0.05, 0.1) is 12.2 Å². The van der Waals surface area contributed by atoms with Crippen LogP contribution in [0.4, 0.5) is 0 Å². The van der Waals surface area contributed by atoms with Crippen LogP contribution in [0.1, 0.15) is 71.4 Å². The summed E-state index contributed by atoms with van der Waals surface area (Å²) >= 11 is 0. The fourth-order valence-electron chi connectivity index (χ4n) is 2.99. The minimum atomic E-state index is 0.748. The van der Waals surface area contributed by atoms with Gasteiger partial charge in [-0.05, 0) is 49.8 Å². The third-order valence-corrected chi connectivity index (χ3v) is 4.92. The molecule has 1 aromatic carbocycles. The first-order valence-corrected chi connectivity index (χ1v) is 10.3. The number of ether oxygens (including phenoxy) is 1. The van der Waals surface area contributed by atoms with E-state index in [2.05, 4.69) is 31.8 Å². The van der Waals surface area contributed by atoms with E-state index in [0.717, 1.165) is 48.2 Å². The van der Waals surface area contributed by atoms with Gasteiger partial charge in [0.15, 0.2) is 5.82 Å². The zero-order chi connectivity index (χ0) is 18.6. The van der Waals surface area contributed by atoms with Crippen LogP contribution in [-0.4, -0.2) is 16.6 Å². The Kier molecular flexibility index (Phi) is 9.16. The highest BCUT2D eigenvalue weighted by Crippen LogP contribution is 2.27. The van der Waals surface area contributed by atoms with E-state index in [1.54, 1.807) is 0 Å². The van der Waals surface area contributed by atoms with E-state index in [1.807, 2.05) is 30.5 Å². The zero-order valence-corrected chi connectivity index (χ0v) is 16.7. The first-order chi connectivity index (χ1) is 12.7. The molecule has 142 valence electrons. The highest BCUT2D eigenvalue weighted by atomic mass is 16.5. The molecule has 0 saturated heterocycles. The van der Waals surface area contributed by atoms with Gasteiger partial charge >= 0.3 is 0 Å². The van der Waals surface area contributed by atoms with E-state index in [0.29, 0.717) is 0 Å². The molecule has 1 heterocycles. The predicted molar refractivity (Wildman–Crippen MR) is 109 cm³/mol. The standard InChI is InChI=1S/C23H34N2O/c1-4-6-7-8-13-20-16-17-24-23(25-20)21-14-9-10-15-22(21)26-18-11-12-19(3)5-2/h9-10,14-17,19H,4-8,11-13,18H2,1-3H3. The van der Waals surface area contributed by atoms with Crippen molar-refractivity contribution < 1.29 is 4.74 Å². The maximum Gasteiger partial charge on any atom is 0.163 e. The number of para-hydroxylation sites is 1. The minimum Gasteiger partial charge on any atom is -0.493 e. The molecule has 0 bridgehead atoms. The number of benzene rings is 1. The molecule has 1 atom stereocenters. The van der Waals surface area contributed by atoms with E-state index in [9.17, 15) is 0 Å². The number of nitrogens with zero attached hydrogens (tertiary/aromatic N) is 2. The second-order valence-corrected chi connectivity index (χ2v) is 7.18. The Morgan fingerprint density at radius 1 is 1.00 bits per heavy atom. The summed E-state index contributed by atoms with van der Waals surface area (Å²) in [6.45, 7) is 7.53. The van der Waals surface area contributed by atoms with Gasteiger partial charge in [-0.1, -0.05) is 58.6 Å². The number of rotatable bonds is 12. The van der Waals surface area contributed by atoms with E-state index in [4.69, 9.17) is 9.72 Å². The van der Waals surface area contributed by atoms with Crippen molar-refractivity contribution in [3.8, 4) is 17.1 Å². The summed E-state index contributed by atoms with van der Waals surface area (Å²) in [6.07, 6.45) is 11.4. The fraction of sp³-hybridized carbons (Fsp3) is 0.565. The lowest BCUT2D eigenvalue weighted by Crippen LogP contribution is -2.03. The molecule has 0 N–H and O–H groups in total. The Hall–Kier alpha value is -1.90. The molecule has 2 aromatic rings. The lowest BCUT2D eigenvalue weighted by molar-refractivity contribution is 0.295. The van der Waals surface area contributed by atoms with Crippen molar-refractivity contribution in [1.29, 1.82) is 0 Å². The topological polar surface area (TPSA) is 35.0 Å². The van der Waals surface area contributed by atoms with Crippen LogP contribution in [0.5, 0.6) is 5.75 Å². The van der Waals surface area contributed by atoms with Gasteiger partial charge in [0, 0.05) is 11.9 Å². The minimum absolute atomic E-state index is 0.748. The highest BCUT2D eigenvalue weighted by molar-refractivity contribution is 5.63. The fourth-order valence-corrected chi connectivity index (χ4v) is 2.99. The molecular formula is C23H34N2O. The molecule has 0 amide bonds. The van der Waals surface area contributed by atoms with Gasteiger partial charge in [0.1, 0.15) is 5.75 Å². The van der Waals surface area contributed by atoms with Crippen LogP contribution >= 0.6 is 0 Å². The molecule has 2 rings (SSSR count).